The second-order valence-corrected chi connectivity index (χ2v) is 5.04. The standard InChI is InChI=1S/C12H17NS/c1-14-11-5-3-2-4-10(11)8-12(9-13)6-7-12/h2-5H,6-9,13H2,1H3. The highest BCUT2D eigenvalue weighted by atomic mass is 32.2. The summed E-state index contributed by atoms with van der Waals surface area (Å²) in [6, 6.07) is 8.67. The zero-order valence-electron chi connectivity index (χ0n) is 8.62. The zero-order valence-corrected chi connectivity index (χ0v) is 9.44. The van der Waals surface area contributed by atoms with Gasteiger partial charge in [0, 0.05) is 4.90 Å². The summed E-state index contributed by atoms with van der Waals surface area (Å²) in [5, 5.41) is 0. The van der Waals surface area contributed by atoms with Crippen LogP contribution in [0.1, 0.15) is 18.4 Å². The van der Waals surface area contributed by atoms with Crippen molar-refractivity contribution in [2.24, 2.45) is 11.1 Å². The lowest BCUT2D eigenvalue weighted by Crippen LogP contribution is -2.18. The molecule has 2 rings (SSSR count). The van der Waals surface area contributed by atoms with Crippen molar-refractivity contribution >= 4 is 11.8 Å². The van der Waals surface area contributed by atoms with Gasteiger partial charge in [0.15, 0.2) is 0 Å². The van der Waals surface area contributed by atoms with Gasteiger partial charge in [0.05, 0.1) is 0 Å². The molecule has 0 atom stereocenters. The van der Waals surface area contributed by atoms with Crippen LogP contribution in [0.3, 0.4) is 0 Å². The Kier molecular flexibility index (Phi) is 2.84. The first kappa shape index (κ1) is 10.1. The van der Waals surface area contributed by atoms with E-state index in [0.717, 1.165) is 6.54 Å². The topological polar surface area (TPSA) is 26.0 Å². The van der Waals surface area contributed by atoms with E-state index in [1.807, 2.05) is 11.8 Å². The van der Waals surface area contributed by atoms with Crippen LogP contribution in [-0.2, 0) is 6.42 Å². The summed E-state index contributed by atoms with van der Waals surface area (Å²) in [7, 11) is 0. The number of benzene rings is 1. The number of hydrogen-bond donors (Lipinski definition) is 1. The van der Waals surface area contributed by atoms with E-state index >= 15 is 0 Å². The van der Waals surface area contributed by atoms with Crippen molar-refractivity contribution in [1.82, 2.24) is 0 Å². The van der Waals surface area contributed by atoms with Crippen LogP contribution in [0.4, 0.5) is 0 Å². The van der Waals surface area contributed by atoms with Gasteiger partial charge < -0.3 is 5.73 Å². The molecule has 76 valence electrons. The van der Waals surface area contributed by atoms with Crippen LogP contribution in [0.2, 0.25) is 0 Å². The van der Waals surface area contributed by atoms with Crippen molar-refractivity contribution < 1.29 is 0 Å². The van der Waals surface area contributed by atoms with Gasteiger partial charge in [-0.2, -0.15) is 0 Å². The molecule has 1 fully saturated rings. The zero-order chi connectivity index (χ0) is 10.0. The van der Waals surface area contributed by atoms with Crippen molar-refractivity contribution in [3.63, 3.8) is 0 Å². The fourth-order valence-electron chi connectivity index (χ4n) is 1.88. The quantitative estimate of drug-likeness (QED) is 0.768. The smallest absolute Gasteiger partial charge is 0.0101 e. The third-order valence-corrected chi connectivity index (χ3v) is 3.99. The summed E-state index contributed by atoms with van der Waals surface area (Å²) in [5.74, 6) is 0. The van der Waals surface area contributed by atoms with Gasteiger partial charge in [-0.05, 0) is 49.1 Å². The predicted molar refractivity (Wildman–Crippen MR) is 62.6 cm³/mol. The minimum absolute atomic E-state index is 0.450. The van der Waals surface area contributed by atoms with E-state index in [1.165, 1.54) is 29.7 Å². The van der Waals surface area contributed by atoms with Crippen molar-refractivity contribution in [3.05, 3.63) is 29.8 Å². The lowest BCUT2D eigenvalue weighted by atomic mass is 9.97. The second kappa shape index (κ2) is 3.95. The maximum atomic E-state index is 5.80. The molecule has 0 saturated heterocycles. The first-order chi connectivity index (χ1) is 6.79. The van der Waals surface area contributed by atoms with Crippen LogP contribution in [0.15, 0.2) is 29.2 Å². The van der Waals surface area contributed by atoms with Gasteiger partial charge in [0.1, 0.15) is 0 Å². The fourth-order valence-corrected chi connectivity index (χ4v) is 2.50. The Bertz CT molecular complexity index is 318. The molecule has 1 saturated carbocycles. The largest absolute Gasteiger partial charge is 0.330 e. The van der Waals surface area contributed by atoms with E-state index in [0.29, 0.717) is 5.41 Å². The van der Waals surface area contributed by atoms with Crippen LogP contribution in [0, 0.1) is 5.41 Å². The summed E-state index contributed by atoms with van der Waals surface area (Å²) < 4.78 is 0. The second-order valence-electron chi connectivity index (χ2n) is 4.19. The summed E-state index contributed by atoms with van der Waals surface area (Å²) in [4.78, 5) is 1.41. The Balaban J connectivity index is 2.16. The van der Waals surface area contributed by atoms with Gasteiger partial charge in [-0.15, -0.1) is 11.8 Å². The van der Waals surface area contributed by atoms with E-state index < -0.39 is 0 Å². The minimum Gasteiger partial charge on any atom is -0.330 e. The third kappa shape index (κ3) is 1.96. The van der Waals surface area contributed by atoms with Crippen LogP contribution in [0.5, 0.6) is 0 Å². The molecule has 14 heavy (non-hydrogen) atoms. The molecule has 1 aliphatic carbocycles. The Labute approximate surface area is 90.1 Å². The molecular formula is C12H17NS. The van der Waals surface area contributed by atoms with E-state index in [2.05, 4.69) is 30.5 Å². The molecular weight excluding hydrogens is 190 g/mol. The molecule has 0 aliphatic heterocycles. The molecule has 0 radical (unpaired) electrons. The van der Waals surface area contributed by atoms with Crippen LogP contribution >= 0.6 is 11.8 Å². The lowest BCUT2D eigenvalue weighted by molar-refractivity contribution is 0.517. The first-order valence-electron chi connectivity index (χ1n) is 5.12. The maximum absolute atomic E-state index is 5.80. The van der Waals surface area contributed by atoms with Crippen LogP contribution < -0.4 is 5.73 Å². The Morgan fingerprint density at radius 3 is 2.64 bits per heavy atom. The molecule has 2 N–H and O–H groups in total. The molecule has 1 aliphatic rings. The summed E-state index contributed by atoms with van der Waals surface area (Å²) in [6.45, 7) is 0.843. The molecule has 1 aromatic carbocycles. The molecule has 0 spiro atoms. The molecule has 0 aromatic heterocycles. The minimum atomic E-state index is 0.450. The van der Waals surface area contributed by atoms with E-state index in [9.17, 15) is 0 Å². The van der Waals surface area contributed by atoms with Crippen molar-refractivity contribution in [2.75, 3.05) is 12.8 Å². The predicted octanol–water partition coefficient (Wildman–Crippen LogP) is 2.69. The molecule has 0 bridgehead atoms. The van der Waals surface area contributed by atoms with Crippen LogP contribution in [-0.4, -0.2) is 12.8 Å². The summed E-state index contributed by atoms with van der Waals surface area (Å²) >= 11 is 1.83. The third-order valence-electron chi connectivity index (χ3n) is 3.15. The Morgan fingerprint density at radius 2 is 2.07 bits per heavy atom. The van der Waals surface area contributed by atoms with E-state index in [4.69, 9.17) is 5.73 Å². The molecule has 0 unspecified atom stereocenters. The first-order valence-corrected chi connectivity index (χ1v) is 6.34. The average molecular weight is 207 g/mol. The normalized spacial score (nSPS) is 18.1. The highest BCUT2D eigenvalue weighted by Crippen LogP contribution is 2.48. The molecule has 0 amide bonds. The van der Waals surface area contributed by atoms with Gasteiger partial charge in [0.25, 0.3) is 0 Å². The van der Waals surface area contributed by atoms with Gasteiger partial charge in [-0.25, -0.2) is 0 Å². The average Bonchev–Trinajstić information content (AvgIpc) is 2.99. The Morgan fingerprint density at radius 1 is 1.36 bits per heavy atom. The molecule has 2 heteroatoms. The molecule has 1 aromatic rings. The molecule has 0 heterocycles. The maximum Gasteiger partial charge on any atom is 0.0101 e. The number of rotatable bonds is 4. The number of hydrogen-bond acceptors (Lipinski definition) is 2. The lowest BCUT2D eigenvalue weighted by Gasteiger charge is -2.14. The van der Waals surface area contributed by atoms with Crippen molar-refractivity contribution in [3.8, 4) is 0 Å². The van der Waals surface area contributed by atoms with E-state index in [1.54, 1.807) is 0 Å². The summed E-state index contributed by atoms with van der Waals surface area (Å²) in [5.41, 5.74) is 7.73. The SMILES string of the molecule is CSc1ccccc1CC1(CN)CC1. The highest BCUT2D eigenvalue weighted by molar-refractivity contribution is 7.98. The fraction of sp³-hybridized carbons (Fsp3) is 0.500. The molecule has 1 nitrogen and oxygen atoms in total. The van der Waals surface area contributed by atoms with E-state index in [-0.39, 0.29) is 0 Å². The van der Waals surface area contributed by atoms with Crippen molar-refractivity contribution in [1.29, 1.82) is 0 Å². The Hall–Kier alpha value is -0.470. The van der Waals surface area contributed by atoms with Gasteiger partial charge in [0.2, 0.25) is 0 Å². The van der Waals surface area contributed by atoms with Crippen molar-refractivity contribution in [2.45, 2.75) is 24.2 Å². The number of nitrogens with two attached hydrogens (primary N) is 1. The summed E-state index contributed by atoms with van der Waals surface area (Å²) in [6.07, 6.45) is 5.93. The monoisotopic (exact) mass is 207 g/mol. The van der Waals surface area contributed by atoms with Crippen LogP contribution in [0.25, 0.3) is 0 Å². The van der Waals surface area contributed by atoms with Gasteiger partial charge in [-0.1, -0.05) is 18.2 Å². The van der Waals surface area contributed by atoms with Gasteiger partial charge >= 0.3 is 0 Å². The highest BCUT2D eigenvalue weighted by Gasteiger charge is 2.41. The van der Waals surface area contributed by atoms with Gasteiger partial charge in [-0.3, -0.25) is 0 Å². The number of thioether (sulfide) groups is 1.